The van der Waals surface area contributed by atoms with Gasteiger partial charge < -0.3 is 10.4 Å². The number of carbonyl (C=O) groups excluding carboxylic acids is 1. The molecule has 0 fully saturated rings. The average Bonchev–Trinajstić information content (AvgIpc) is 2.28. The Labute approximate surface area is 113 Å². The van der Waals surface area contributed by atoms with Crippen molar-refractivity contribution in [2.75, 3.05) is 0 Å². The molecule has 0 saturated heterocycles. The molecule has 1 aromatic carbocycles. The fourth-order valence-electron chi connectivity index (χ4n) is 1.92. The standard InChI is InChI=1S/C15H21NO3/c1-10-7-5-6-8-12(10)11(2)16-13(17)9-15(3,4)14(18)19/h5-8,11H,9H2,1-4H3,(H,16,17)(H,18,19)/t11-/m1/s1. The van der Waals surface area contributed by atoms with Crippen LogP contribution in [0.1, 0.15) is 44.4 Å². The van der Waals surface area contributed by atoms with E-state index in [9.17, 15) is 9.59 Å². The van der Waals surface area contributed by atoms with Crippen molar-refractivity contribution in [2.45, 2.75) is 40.2 Å². The molecule has 0 saturated carbocycles. The van der Waals surface area contributed by atoms with Gasteiger partial charge in [0.05, 0.1) is 11.5 Å². The van der Waals surface area contributed by atoms with E-state index in [2.05, 4.69) is 5.32 Å². The van der Waals surface area contributed by atoms with Gasteiger partial charge in [-0.1, -0.05) is 24.3 Å². The first kappa shape index (κ1) is 15.2. The highest BCUT2D eigenvalue weighted by molar-refractivity contribution is 5.84. The maximum Gasteiger partial charge on any atom is 0.309 e. The zero-order valence-corrected chi connectivity index (χ0v) is 11.9. The second kappa shape index (κ2) is 5.87. The number of carboxylic acid groups (broad SMARTS) is 1. The molecule has 0 aromatic heterocycles. The monoisotopic (exact) mass is 263 g/mol. The predicted molar refractivity (Wildman–Crippen MR) is 73.8 cm³/mol. The molecule has 1 amide bonds. The van der Waals surface area contributed by atoms with Gasteiger partial charge in [0.2, 0.25) is 5.91 Å². The Morgan fingerprint density at radius 2 is 1.89 bits per heavy atom. The lowest BCUT2D eigenvalue weighted by Crippen LogP contribution is -2.34. The lowest BCUT2D eigenvalue weighted by Gasteiger charge is -2.21. The van der Waals surface area contributed by atoms with Crippen LogP contribution in [0.2, 0.25) is 0 Å². The quantitative estimate of drug-likeness (QED) is 0.858. The van der Waals surface area contributed by atoms with Crippen LogP contribution in [-0.2, 0) is 9.59 Å². The fourth-order valence-corrected chi connectivity index (χ4v) is 1.92. The maximum absolute atomic E-state index is 11.9. The van der Waals surface area contributed by atoms with Gasteiger partial charge in [-0.3, -0.25) is 9.59 Å². The van der Waals surface area contributed by atoms with E-state index >= 15 is 0 Å². The molecule has 0 radical (unpaired) electrons. The molecule has 0 spiro atoms. The number of rotatable bonds is 5. The van der Waals surface area contributed by atoms with Crippen LogP contribution in [-0.4, -0.2) is 17.0 Å². The summed E-state index contributed by atoms with van der Waals surface area (Å²) >= 11 is 0. The summed E-state index contributed by atoms with van der Waals surface area (Å²) in [4.78, 5) is 22.9. The van der Waals surface area contributed by atoms with E-state index in [-0.39, 0.29) is 18.4 Å². The minimum Gasteiger partial charge on any atom is -0.481 e. The molecule has 0 unspecified atom stereocenters. The van der Waals surface area contributed by atoms with E-state index in [0.717, 1.165) is 11.1 Å². The van der Waals surface area contributed by atoms with Gasteiger partial charge >= 0.3 is 5.97 Å². The van der Waals surface area contributed by atoms with E-state index in [1.165, 1.54) is 0 Å². The van der Waals surface area contributed by atoms with Gasteiger partial charge in [0, 0.05) is 6.42 Å². The summed E-state index contributed by atoms with van der Waals surface area (Å²) in [5, 5.41) is 11.9. The number of aryl methyl sites for hydroxylation is 1. The predicted octanol–water partition coefficient (Wildman–Crippen LogP) is 2.67. The van der Waals surface area contributed by atoms with E-state index < -0.39 is 11.4 Å². The van der Waals surface area contributed by atoms with Gasteiger partial charge in [-0.15, -0.1) is 0 Å². The van der Waals surface area contributed by atoms with Crippen LogP contribution in [0.25, 0.3) is 0 Å². The van der Waals surface area contributed by atoms with Crippen molar-refractivity contribution in [3.63, 3.8) is 0 Å². The van der Waals surface area contributed by atoms with Crippen LogP contribution in [0.4, 0.5) is 0 Å². The first-order valence-corrected chi connectivity index (χ1v) is 6.32. The number of carboxylic acids is 1. The molecule has 104 valence electrons. The summed E-state index contributed by atoms with van der Waals surface area (Å²) < 4.78 is 0. The maximum atomic E-state index is 11.9. The van der Waals surface area contributed by atoms with Crippen LogP contribution in [0.15, 0.2) is 24.3 Å². The summed E-state index contributed by atoms with van der Waals surface area (Å²) in [6, 6.07) is 7.69. The lowest BCUT2D eigenvalue weighted by molar-refractivity contribution is -0.149. The number of hydrogen-bond donors (Lipinski definition) is 2. The third kappa shape index (κ3) is 4.09. The van der Waals surface area contributed by atoms with Crippen LogP contribution < -0.4 is 5.32 Å². The largest absolute Gasteiger partial charge is 0.481 e. The Balaban J connectivity index is 2.68. The molecular weight excluding hydrogens is 242 g/mol. The molecule has 0 aliphatic rings. The smallest absolute Gasteiger partial charge is 0.309 e. The van der Waals surface area contributed by atoms with Crippen molar-refractivity contribution < 1.29 is 14.7 Å². The van der Waals surface area contributed by atoms with Crippen LogP contribution in [0.3, 0.4) is 0 Å². The summed E-state index contributed by atoms with van der Waals surface area (Å²) in [5.41, 5.74) is 1.10. The minimum absolute atomic E-state index is 0.0292. The molecule has 1 atom stereocenters. The lowest BCUT2D eigenvalue weighted by atomic mass is 9.89. The first-order valence-electron chi connectivity index (χ1n) is 6.32. The zero-order valence-electron chi connectivity index (χ0n) is 11.9. The third-order valence-electron chi connectivity index (χ3n) is 3.21. The summed E-state index contributed by atoms with van der Waals surface area (Å²) in [7, 11) is 0. The SMILES string of the molecule is Cc1ccccc1[C@@H](C)NC(=O)CC(C)(C)C(=O)O. The molecule has 0 aliphatic heterocycles. The zero-order chi connectivity index (χ0) is 14.6. The van der Waals surface area contributed by atoms with Gasteiger partial charge in [-0.2, -0.15) is 0 Å². The highest BCUT2D eigenvalue weighted by atomic mass is 16.4. The Hall–Kier alpha value is -1.84. The number of nitrogens with one attached hydrogen (secondary N) is 1. The molecule has 1 rings (SSSR count). The minimum atomic E-state index is -1.05. The molecule has 1 aromatic rings. The Kier molecular flexibility index (Phi) is 4.70. The van der Waals surface area contributed by atoms with E-state index in [4.69, 9.17) is 5.11 Å². The normalized spacial score (nSPS) is 12.8. The van der Waals surface area contributed by atoms with Crippen LogP contribution >= 0.6 is 0 Å². The molecule has 19 heavy (non-hydrogen) atoms. The molecule has 0 heterocycles. The second-order valence-electron chi connectivity index (χ2n) is 5.51. The van der Waals surface area contributed by atoms with Crippen LogP contribution in [0.5, 0.6) is 0 Å². The van der Waals surface area contributed by atoms with Gasteiger partial charge in [-0.25, -0.2) is 0 Å². The Morgan fingerprint density at radius 1 is 1.32 bits per heavy atom. The number of amides is 1. The van der Waals surface area contributed by atoms with Crippen molar-refractivity contribution in [3.8, 4) is 0 Å². The van der Waals surface area contributed by atoms with E-state index in [0.29, 0.717) is 0 Å². The van der Waals surface area contributed by atoms with Gasteiger partial charge in [0.15, 0.2) is 0 Å². The van der Waals surface area contributed by atoms with Crippen molar-refractivity contribution in [2.24, 2.45) is 5.41 Å². The van der Waals surface area contributed by atoms with E-state index in [1.54, 1.807) is 13.8 Å². The molecule has 0 aliphatic carbocycles. The first-order chi connectivity index (χ1) is 8.74. The highest BCUT2D eigenvalue weighted by Crippen LogP contribution is 2.22. The van der Waals surface area contributed by atoms with Crippen molar-refractivity contribution >= 4 is 11.9 Å². The number of benzene rings is 1. The second-order valence-corrected chi connectivity index (χ2v) is 5.51. The van der Waals surface area contributed by atoms with Gasteiger partial charge in [-0.05, 0) is 38.8 Å². The Bertz CT molecular complexity index is 480. The third-order valence-corrected chi connectivity index (χ3v) is 3.21. The molecule has 4 nitrogen and oxygen atoms in total. The summed E-state index contributed by atoms with van der Waals surface area (Å²) in [5.74, 6) is -1.21. The highest BCUT2D eigenvalue weighted by Gasteiger charge is 2.30. The number of aliphatic carboxylic acids is 1. The Morgan fingerprint density at radius 3 is 2.42 bits per heavy atom. The van der Waals surface area contributed by atoms with Crippen molar-refractivity contribution in [1.29, 1.82) is 0 Å². The average molecular weight is 263 g/mol. The number of hydrogen-bond acceptors (Lipinski definition) is 2. The summed E-state index contributed by atoms with van der Waals surface area (Å²) in [6.07, 6.45) is -0.0292. The van der Waals surface area contributed by atoms with Gasteiger partial charge in [0.1, 0.15) is 0 Å². The van der Waals surface area contributed by atoms with E-state index in [1.807, 2.05) is 38.1 Å². The van der Waals surface area contributed by atoms with Crippen LogP contribution in [0, 0.1) is 12.3 Å². The fraction of sp³-hybridized carbons (Fsp3) is 0.467. The molecular formula is C15H21NO3. The molecule has 2 N–H and O–H groups in total. The topological polar surface area (TPSA) is 66.4 Å². The number of carbonyl (C=O) groups is 2. The summed E-state index contributed by atoms with van der Waals surface area (Å²) in [6.45, 7) is 6.98. The van der Waals surface area contributed by atoms with Crippen molar-refractivity contribution in [3.05, 3.63) is 35.4 Å². The van der Waals surface area contributed by atoms with Crippen molar-refractivity contribution in [1.82, 2.24) is 5.32 Å². The molecule has 0 bridgehead atoms. The van der Waals surface area contributed by atoms with Gasteiger partial charge in [0.25, 0.3) is 0 Å². The molecule has 4 heteroatoms.